The van der Waals surface area contributed by atoms with Gasteiger partial charge in [-0.05, 0) is 35.1 Å². The van der Waals surface area contributed by atoms with Gasteiger partial charge in [-0.3, -0.25) is 0 Å². The molecule has 0 spiro atoms. The third kappa shape index (κ3) is 2.62. The van der Waals surface area contributed by atoms with Crippen LogP contribution in [0.15, 0.2) is 48.5 Å². The summed E-state index contributed by atoms with van der Waals surface area (Å²) in [5.41, 5.74) is 11.5. The van der Waals surface area contributed by atoms with E-state index < -0.39 is 0 Å². The molecule has 2 rings (SSSR count). The van der Waals surface area contributed by atoms with Crippen LogP contribution in [0.5, 0.6) is 0 Å². The van der Waals surface area contributed by atoms with Gasteiger partial charge in [0.2, 0.25) is 0 Å². The van der Waals surface area contributed by atoms with Gasteiger partial charge in [0.05, 0.1) is 6.04 Å². The predicted octanol–water partition coefficient (Wildman–Crippen LogP) is 3.86. The lowest BCUT2D eigenvalue weighted by Crippen LogP contribution is -2.13. The zero-order chi connectivity index (χ0) is 13.0. The Bertz CT molecular complexity index is 499. The Balaban J connectivity index is 2.31. The summed E-state index contributed by atoms with van der Waals surface area (Å²) in [7, 11) is 0. The molecule has 1 atom stereocenters. The molecule has 0 amide bonds. The van der Waals surface area contributed by atoms with Crippen molar-refractivity contribution in [1.29, 1.82) is 0 Å². The number of hydrogen-bond acceptors (Lipinski definition) is 1. The molecule has 94 valence electrons. The fraction of sp³-hybridized carbons (Fsp3) is 0.294. The molecular weight excluding hydrogens is 218 g/mol. The highest BCUT2D eigenvalue weighted by molar-refractivity contribution is 5.37. The Morgan fingerprint density at radius 3 is 2.17 bits per heavy atom. The van der Waals surface area contributed by atoms with Crippen molar-refractivity contribution in [2.75, 3.05) is 0 Å². The van der Waals surface area contributed by atoms with E-state index >= 15 is 0 Å². The second-order valence-electron chi connectivity index (χ2n) is 4.63. The first kappa shape index (κ1) is 12.8. The van der Waals surface area contributed by atoms with Crippen LogP contribution in [0.4, 0.5) is 0 Å². The summed E-state index contributed by atoms with van der Waals surface area (Å²) in [5.74, 6) is 0. The van der Waals surface area contributed by atoms with E-state index in [9.17, 15) is 0 Å². The molecule has 0 aliphatic rings. The van der Waals surface area contributed by atoms with Crippen molar-refractivity contribution in [2.45, 2.75) is 32.7 Å². The van der Waals surface area contributed by atoms with E-state index in [0.29, 0.717) is 0 Å². The lowest BCUT2D eigenvalue weighted by atomic mass is 9.93. The minimum atomic E-state index is -0.0212. The quantitative estimate of drug-likeness (QED) is 0.861. The lowest BCUT2D eigenvalue weighted by molar-refractivity contribution is 0.848. The van der Waals surface area contributed by atoms with Gasteiger partial charge in [0, 0.05) is 0 Å². The smallest absolute Gasteiger partial charge is 0.0554 e. The topological polar surface area (TPSA) is 26.0 Å². The monoisotopic (exact) mass is 239 g/mol. The van der Waals surface area contributed by atoms with Crippen LogP contribution in [0.1, 0.15) is 42.1 Å². The van der Waals surface area contributed by atoms with Gasteiger partial charge in [-0.2, -0.15) is 0 Å². The highest BCUT2D eigenvalue weighted by Crippen LogP contribution is 2.23. The van der Waals surface area contributed by atoms with Crippen LogP contribution >= 0.6 is 0 Å². The first-order chi connectivity index (χ1) is 8.76. The van der Waals surface area contributed by atoms with Gasteiger partial charge < -0.3 is 5.73 Å². The number of aryl methyl sites for hydroxylation is 2. The van der Waals surface area contributed by atoms with Crippen molar-refractivity contribution in [3.8, 4) is 0 Å². The Morgan fingerprint density at radius 2 is 1.56 bits per heavy atom. The Kier molecular flexibility index (Phi) is 4.16. The average molecular weight is 239 g/mol. The molecule has 0 radical (unpaired) electrons. The maximum Gasteiger partial charge on any atom is 0.0554 e. The minimum absolute atomic E-state index is 0.0212. The van der Waals surface area contributed by atoms with Crippen molar-refractivity contribution in [3.05, 3.63) is 70.8 Å². The number of rotatable bonds is 4. The SMILES string of the molecule is CCc1ccc(C(N)c2ccccc2CC)cc1. The number of benzene rings is 2. The van der Waals surface area contributed by atoms with Crippen molar-refractivity contribution < 1.29 is 0 Å². The highest BCUT2D eigenvalue weighted by Gasteiger charge is 2.11. The summed E-state index contributed by atoms with van der Waals surface area (Å²) in [4.78, 5) is 0. The second kappa shape index (κ2) is 5.83. The predicted molar refractivity (Wildman–Crippen MR) is 77.7 cm³/mol. The fourth-order valence-electron chi connectivity index (χ4n) is 2.30. The fourth-order valence-corrected chi connectivity index (χ4v) is 2.30. The minimum Gasteiger partial charge on any atom is -0.320 e. The second-order valence-corrected chi connectivity index (χ2v) is 4.63. The van der Waals surface area contributed by atoms with Gasteiger partial charge >= 0.3 is 0 Å². The van der Waals surface area contributed by atoms with E-state index in [0.717, 1.165) is 12.8 Å². The molecule has 0 saturated carbocycles. The Labute approximate surface area is 110 Å². The highest BCUT2D eigenvalue weighted by atomic mass is 14.6. The third-order valence-corrected chi connectivity index (χ3v) is 3.52. The summed E-state index contributed by atoms with van der Waals surface area (Å²) in [6.07, 6.45) is 2.10. The van der Waals surface area contributed by atoms with Gasteiger partial charge in [0.25, 0.3) is 0 Å². The number of nitrogens with two attached hydrogens (primary N) is 1. The van der Waals surface area contributed by atoms with E-state index in [-0.39, 0.29) is 6.04 Å². The molecule has 2 aromatic rings. The zero-order valence-corrected chi connectivity index (χ0v) is 11.2. The molecular formula is C17H21N. The molecule has 1 unspecified atom stereocenters. The Morgan fingerprint density at radius 1 is 0.889 bits per heavy atom. The van der Waals surface area contributed by atoms with Gasteiger partial charge in [0.15, 0.2) is 0 Å². The van der Waals surface area contributed by atoms with Crippen molar-refractivity contribution in [1.82, 2.24) is 0 Å². The lowest BCUT2D eigenvalue weighted by Gasteiger charge is -2.16. The van der Waals surface area contributed by atoms with Crippen LogP contribution in [-0.4, -0.2) is 0 Å². The molecule has 1 heteroatoms. The first-order valence-corrected chi connectivity index (χ1v) is 6.68. The molecule has 0 aliphatic heterocycles. The standard InChI is InChI=1S/C17H21N/c1-3-13-9-11-15(12-10-13)17(18)16-8-6-5-7-14(16)4-2/h5-12,17H,3-4,18H2,1-2H3. The van der Waals surface area contributed by atoms with Crippen LogP contribution in [0.2, 0.25) is 0 Å². The first-order valence-electron chi connectivity index (χ1n) is 6.68. The molecule has 2 N–H and O–H groups in total. The summed E-state index contributed by atoms with van der Waals surface area (Å²) in [5, 5.41) is 0. The Hall–Kier alpha value is -1.60. The van der Waals surface area contributed by atoms with E-state index in [1.165, 1.54) is 22.3 Å². The van der Waals surface area contributed by atoms with Crippen LogP contribution in [0.25, 0.3) is 0 Å². The van der Waals surface area contributed by atoms with Crippen molar-refractivity contribution >= 4 is 0 Å². The van der Waals surface area contributed by atoms with E-state index in [2.05, 4.69) is 62.4 Å². The van der Waals surface area contributed by atoms with Gasteiger partial charge in [0.1, 0.15) is 0 Å². The maximum absolute atomic E-state index is 6.38. The molecule has 0 aliphatic carbocycles. The summed E-state index contributed by atoms with van der Waals surface area (Å²) in [6.45, 7) is 4.34. The van der Waals surface area contributed by atoms with E-state index in [1.54, 1.807) is 0 Å². The van der Waals surface area contributed by atoms with Gasteiger partial charge in [-0.15, -0.1) is 0 Å². The average Bonchev–Trinajstić information content (AvgIpc) is 2.46. The number of hydrogen-bond donors (Lipinski definition) is 1. The van der Waals surface area contributed by atoms with Crippen molar-refractivity contribution in [2.24, 2.45) is 5.73 Å². The summed E-state index contributed by atoms with van der Waals surface area (Å²) in [6, 6.07) is 17.1. The maximum atomic E-state index is 6.38. The normalized spacial score (nSPS) is 12.4. The molecule has 0 fully saturated rings. The van der Waals surface area contributed by atoms with Gasteiger partial charge in [-0.1, -0.05) is 62.4 Å². The third-order valence-electron chi connectivity index (χ3n) is 3.52. The zero-order valence-electron chi connectivity index (χ0n) is 11.2. The van der Waals surface area contributed by atoms with E-state index in [1.807, 2.05) is 0 Å². The van der Waals surface area contributed by atoms with Crippen LogP contribution < -0.4 is 5.73 Å². The van der Waals surface area contributed by atoms with Crippen LogP contribution in [-0.2, 0) is 12.8 Å². The molecule has 0 bridgehead atoms. The van der Waals surface area contributed by atoms with Crippen LogP contribution in [0.3, 0.4) is 0 Å². The molecule has 0 saturated heterocycles. The van der Waals surface area contributed by atoms with E-state index in [4.69, 9.17) is 5.73 Å². The molecule has 0 heterocycles. The molecule has 2 aromatic carbocycles. The molecule has 0 aromatic heterocycles. The summed E-state index contributed by atoms with van der Waals surface area (Å²) >= 11 is 0. The van der Waals surface area contributed by atoms with Crippen molar-refractivity contribution in [3.63, 3.8) is 0 Å². The van der Waals surface area contributed by atoms with Crippen LogP contribution in [0, 0.1) is 0 Å². The molecule has 18 heavy (non-hydrogen) atoms. The molecule has 1 nitrogen and oxygen atoms in total. The largest absolute Gasteiger partial charge is 0.320 e. The van der Waals surface area contributed by atoms with Gasteiger partial charge in [-0.25, -0.2) is 0 Å². The summed E-state index contributed by atoms with van der Waals surface area (Å²) < 4.78 is 0.